The first kappa shape index (κ1) is 20.9. The number of amides is 2. The van der Waals surface area contributed by atoms with E-state index in [9.17, 15) is 9.59 Å². The van der Waals surface area contributed by atoms with Crippen molar-refractivity contribution in [2.75, 3.05) is 39.3 Å². The maximum atomic E-state index is 13.4. The molecule has 0 aromatic carbocycles. The Morgan fingerprint density at radius 3 is 2.30 bits per heavy atom. The van der Waals surface area contributed by atoms with Crippen molar-refractivity contribution in [2.45, 2.75) is 58.3 Å². The average molecular weight is 398 g/mol. The van der Waals surface area contributed by atoms with E-state index in [4.69, 9.17) is 0 Å². The zero-order chi connectivity index (χ0) is 18.1. The predicted molar refractivity (Wildman–Crippen MR) is 109 cm³/mol. The van der Waals surface area contributed by atoms with Crippen LogP contribution in [-0.4, -0.2) is 60.9 Å². The number of piperidine rings is 2. The van der Waals surface area contributed by atoms with E-state index in [1.807, 2.05) is 0 Å². The zero-order valence-corrected chi connectivity index (χ0v) is 17.6. The van der Waals surface area contributed by atoms with Gasteiger partial charge in [-0.15, -0.1) is 12.4 Å². The molecule has 0 radical (unpaired) electrons. The van der Waals surface area contributed by atoms with Crippen molar-refractivity contribution in [1.82, 2.24) is 15.1 Å². The summed E-state index contributed by atoms with van der Waals surface area (Å²) in [5.41, 5.74) is -0.141. The van der Waals surface area contributed by atoms with E-state index in [1.165, 1.54) is 19.3 Å². The topological polar surface area (TPSA) is 52.7 Å². The standard InChI is InChI=1S/C21H35N3O2.ClH/c1-16-5-10-23(11-6-16)19(25)17-7-12-24(13-8-17)20(26)21-9-3-2-4-18(21)14-22-15-21;/h16-18,22H,2-15H2,1H3;1H/t18-,21+;/m0./s1. The van der Waals surface area contributed by atoms with Crippen LogP contribution in [0.25, 0.3) is 0 Å². The third-order valence-corrected chi connectivity index (χ3v) is 7.69. The number of halogens is 1. The smallest absolute Gasteiger partial charge is 0.230 e. The Hall–Kier alpha value is -0.810. The second-order valence-electron chi connectivity index (χ2n) is 9.30. The summed E-state index contributed by atoms with van der Waals surface area (Å²) in [6, 6.07) is 0. The van der Waals surface area contributed by atoms with Gasteiger partial charge in [0.1, 0.15) is 0 Å². The molecule has 3 aliphatic heterocycles. The van der Waals surface area contributed by atoms with Gasteiger partial charge in [-0.2, -0.15) is 0 Å². The highest BCUT2D eigenvalue weighted by atomic mass is 35.5. The molecule has 4 rings (SSSR count). The second kappa shape index (κ2) is 8.69. The van der Waals surface area contributed by atoms with Gasteiger partial charge in [0, 0.05) is 38.6 Å². The third kappa shape index (κ3) is 4.00. The van der Waals surface area contributed by atoms with E-state index in [-0.39, 0.29) is 23.7 Å². The molecule has 4 aliphatic rings. The van der Waals surface area contributed by atoms with E-state index in [0.717, 1.165) is 77.3 Å². The number of carbonyl (C=O) groups excluding carboxylic acids is 2. The number of nitrogens with zero attached hydrogens (tertiary/aromatic N) is 2. The van der Waals surface area contributed by atoms with Crippen LogP contribution in [-0.2, 0) is 9.59 Å². The van der Waals surface area contributed by atoms with Crippen LogP contribution in [0.1, 0.15) is 58.3 Å². The van der Waals surface area contributed by atoms with Crippen LogP contribution in [0.3, 0.4) is 0 Å². The first-order chi connectivity index (χ1) is 12.6. The monoisotopic (exact) mass is 397 g/mol. The molecule has 2 amide bonds. The van der Waals surface area contributed by atoms with Gasteiger partial charge in [0.25, 0.3) is 0 Å². The van der Waals surface area contributed by atoms with Crippen molar-refractivity contribution in [2.24, 2.45) is 23.2 Å². The van der Waals surface area contributed by atoms with Crippen LogP contribution in [0.4, 0.5) is 0 Å². The highest BCUT2D eigenvalue weighted by Gasteiger charge is 2.51. The van der Waals surface area contributed by atoms with Crippen molar-refractivity contribution in [3.63, 3.8) is 0 Å². The summed E-state index contributed by atoms with van der Waals surface area (Å²) in [6.45, 7) is 7.55. The molecular weight excluding hydrogens is 362 g/mol. The van der Waals surface area contributed by atoms with E-state index in [0.29, 0.717) is 17.7 Å². The number of carbonyl (C=O) groups is 2. The molecule has 27 heavy (non-hydrogen) atoms. The van der Waals surface area contributed by atoms with Gasteiger partial charge in [-0.25, -0.2) is 0 Å². The lowest BCUT2D eigenvalue weighted by molar-refractivity contribution is -0.149. The third-order valence-electron chi connectivity index (χ3n) is 7.69. The van der Waals surface area contributed by atoms with Crippen molar-refractivity contribution < 1.29 is 9.59 Å². The lowest BCUT2D eigenvalue weighted by Gasteiger charge is -2.43. The Morgan fingerprint density at radius 1 is 0.926 bits per heavy atom. The molecule has 1 N–H and O–H groups in total. The fourth-order valence-electron chi connectivity index (χ4n) is 5.80. The summed E-state index contributed by atoms with van der Waals surface area (Å²) >= 11 is 0. The fourth-order valence-corrected chi connectivity index (χ4v) is 5.80. The molecule has 3 saturated heterocycles. The molecule has 3 heterocycles. The Bertz CT molecular complexity index is 542. The molecule has 4 fully saturated rings. The van der Waals surface area contributed by atoms with E-state index in [1.54, 1.807) is 0 Å². The first-order valence-electron chi connectivity index (χ1n) is 10.9. The number of hydrogen-bond donors (Lipinski definition) is 1. The van der Waals surface area contributed by atoms with Gasteiger partial charge in [-0.1, -0.05) is 19.8 Å². The minimum atomic E-state index is -0.141. The molecular formula is C21H36ClN3O2. The van der Waals surface area contributed by atoms with Crippen molar-refractivity contribution in [3.8, 4) is 0 Å². The van der Waals surface area contributed by atoms with Crippen molar-refractivity contribution in [1.29, 1.82) is 0 Å². The van der Waals surface area contributed by atoms with Crippen molar-refractivity contribution >= 4 is 24.2 Å². The summed E-state index contributed by atoms with van der Waals surface area (Å²) < 4.78 is 0. The molecule has 1 aliphatic carbocycles. The van der Waals surface area contributed by atoms with Gasteiger partial charge >= 0.3 is 0 Å². The van der Waals surface area contributed by atoms with Gasteiger partial charge in [-0.3, -0.25) is 9.59 Å². The zero-order valence-electron chi connectivity index (χ0n) is 16.8. The van der Waals surface area contributed by atoms with Crippen LogP contribution < -0.4 is 5.32 Å². The van der Waals surface area contributed by atoms with E-state index < -0.39 is 0 Å². The minimum Gasteiger partial charge on any atom is -0.342 e. The molecule has 0 aromatic rings. The number of likely N-dealkylation sites (tertiary alicyclic amines) is 2. The molecule has 0 spiro atoms. The van der Waals surface area contributed by atoms with Crippen molar-refractivity contribution in [3.05, 3.63) is 0 Å². The summed E-state index contributed by atoms with van der Waals surface area (Å²) in [5, 5.41) is 3.49. The highest BCUT2D eigenvalue weighted by Crippen LogP contribution is 2.45. The van der Waals surface area contributed by atoms with Gasteiger partial charge in [-0.05, 0) is 56.9 Å². The quantitative estimate of drug-likeness (QED) is 0.779. The lowest BCUT2D eigenvalue weighted by atomic mass is 9.67. The number of fused-ring (bicyclic) bond motifs is 1. The number of hydrogen-bond acceptors (Lipinski definition) is 3. The van der Waals surface area contributed by atoms with E-state index in [2.05, 4.69) is 22.0 Å². The van der Waals surface area contributed by atoms with Crippen LogP contribution in [0.5, 0.6) is 0 Å². The molecule has 0 unspecified atom stereocenters. The largest absolute Gasteiger partial charge is 0.342 e. The molecule has 1 saturated carbocycles. The molecule has 5 nitrogen and oxygen atoms in total. The van der Waals surface area contributed by atoms with Gasteiger partial charge in [0.05, 0.1) is 5.41 Å². The molecule has 6 heteroatoms. The number of rotatable bonds is 2. The Kier molecular flexibility index (Phi) is 6.73. The summed E-state index contributed by atoms with van der Waals surface area (Å²) in [5.74, 6) is 2.14. The van der Waals surface area contributed by atoms with Crippen LogP contribution in [0.2, 0.25) is 0 Å². The Labute approximate surface area is 170 Å². The molecule has 154 valence electrons. The maximum absolute atomic E-state index is 13.4. The Balaban J connectivity index is 0.00000210. The predicted octanol–water partition coefficient (Wildman–Crippen LogP) is 2.69. The summed E-state index contributed by atoms with van der Waals surface area (Å²) in [7, 11) is 0. The van der Waals surface area contributed by atoms with Crippen LogP contribution >= 0.6 is 12.4 Å². The fraction of sp³-hybridized carbons (Fsp3) is 0.905. The lowest BCUT2D eigenvalue weighted by Crippen LogP contribution is -2.53. The molecule has 2 atom stereocenters. The van der Waals surface area contributed by atoms with Crippen LogP contribution in [0.15, 0.2) is 0 Å². The molecule has 0 aromatic heterocycles. The van der Waals surface area contributed by atoms with Gasteiger partial charge in [0.2, 0.25) is 11.8 Å². The van der Waals surface area contributed by atoms with Gasteiger partial charge < -0.3 is 15.1 Å². The maximum Gasteiger partial charge on any atom is 0.230 e. The Morgan fingerprint density at radius 2 is 1.59 bits per heavy atom. The summed E-state index contributed by atoms with van der Waals surface area (Å²) in [6.07, 6.45) is 8.68. The normalized spacial score (nSPS) is 32.7. The first-order valence-corrected chi connectivity index (χ1v) is 10.9. The van der Waals surface area contributed by atoms with E-state index >= 15 is 0 Å². The highest BCUT2D eigenvalue weighted by molar-refractivity contribution is 5.85. The molecule has 0 bridgehead atoms. The second-order valence-corrected chi connectivity index (χ2v) is 9.30. The van der Waals surface area contributed by atoms with Gasteiger partial charge in [0.15, 0.2) is 0 Å². The van der Waals surface area contributed by atoms with Crippen LogP contribution in [0, 0.1) is 23.2 Å². The average Bonchev–Trinajstić information content (AvgIpc) is 3.13. The number of nitrogens with one attached hydrogen (secondary N) is 1. The minimum absolute atomic E-state index is 0. The summed E-state index contributed by atoms with van der Waals surface area (Å²) in [4.78, 5) is 30.4. The SMILES string of the molecule is CC1CCN(C(=O)C2CCN(C(=O)[C@@]34CCCC[C@H]3CNC4)CC2)CC1.Cl.